The van der Waals surface area contributed by atoms with E-state index >= 15 is 0 Å². The van der Waals surface area contributed by atoms with Crippen molar-refractivity contribution < 1.29 is 22.0 Å². The van der Waals surface area contributed by atoms with Crippen molar-refractivity contribution in [1.29, 1.82) is 0 Å². The number of rotatable bonds is 3. The normalized spacial score (nSPS) is 14.2. The molecule has 0 saturated carbocycles. The zero-order valence-corrected chi connectivity index (χ0v) is 17.2. The molecular formula is C23H18F5N5. The molecule has 4 aromatic rings. The van der Waals surface area contributed by atoms with Crippen molar-refractivity contribution in [3.8, 4) is 11.4 Å². The first-order valence-corrected chi connectivity index (χ1v) is 10.5. The van der Waals surface area contributed by atoms with Crippen LogP contribution in [0.2, 0.25) is 0 Å². The van der Waals surface area contributed by atoms with Crippen LogP contribution in [0.1, 0.15) is 36.1 Å². The number of fused-ring (bicyclic) bond motifs is 2. The number of aromatic amines is 1. The summed E-state index contributed by atoms with van der Waals surface area (Å²) >= 11 is 0. The Morgan fingerprint density at radius 1 is 0.909 bits per heavy atom. The highest BCUT2D eigenvalue weighted by molar-refractivity contribution is 5.91. The maximum atomic E-state index is 14.1. The Kier molecular flexibility index (Phi) is 5.22. The minimum absolute atomic E-state index is 0.0155. The molecule has 0 unspecified atom stereocenters. The van der Waals surface area contributed by atoms with Crippen LogP contribution in [0.25, 0.3) is 22.3 Å². The number of nitrogens with one attached hydrogen (secondary N) is 2. The van der Waals surface area contributed by atoms with Crippen LogP contribution in [0, 0.1) is 11.6 Å². The second kappa shape index (κ2) is 8.09. The largest absolute Gasteiger partial charge is 0.417 e. The van der Waals surface area contributed by atoms with E-state index in [1.54, 1.807) is 0 Å². The molecule has 33 heavy (non-hydrogen) atoms. The summed E-state index contributed by atoms with van der Waals surface area (Å²) in [5.74, 6) is -1.23. The maximum Gasteiger partial charge on any atom is 0.417 e. The average Bonchev–Trinajstić information content (AvgIpc) is 3.01. The molecule has 0 aliphatic heterocycles. The molecule has 1 aliphatic rings. The molecule has 0 saturated heterocycles. The number of halogens is 5. The van der Waals surface area contributed by atoms with Crippen LogP contribution in [0.4, 0.5) is 33.6 Å². The first kappa shape index (κ1) is 21.3. The van der Waals surface area contributed by atoms with E-state index < -0.39 is 23.4 Å². The van der Waals surface area contributed by atoms with Crippen molar-refractivity contribution in [2.24, 2.45) is 0 Å². The number of hydrogen-bond acceptors (Lipinski definition) is 4. The molecule has 5 nitrogen and oxygen atoms in total. The Balaban J connectivity index is 1.67. The van der Waals surface area contributed by atoms with E-state index in [0.29, 0.717) is 18.5 Å². The monoisotopic (exact) mass is 459 g/mol. The number of alkyl halides is 3. The van der Waals surface area contributed by atoms with Gasteiger partial charge in [0.1, 0.15) is 17.2 Å². The summed E-state index contributed by atoms with van der Waals surface area (Å²) in [6.45, 7) is 0. The zero-order valence-electron chi connectivity index (χ0n) is 17.2. The van der Waals surface area contributed by atoms with E-state index in [9.17, 15) is 22.0 Å². The Morgan fingerprint density at radius 2 is 1.70 bits per heavy atom. The van der Waals surface area contributed by atoms with Crippen molar-refractivity contribution in [3.05, 3.63) is 64.9 Å². The fourth-order valence-corrected chi connectivity index (χ4v) is 4.17. The number of hydrogen-bond donors (Lipinski definition) is 2. The van der Waals surface area contributed by atoms with E-state index in [0.717, 1.165) is 43.0 Å². The molecule has 0 bridgehead atoms. The van der Waals surface area contributed by atoms with Gasteiger partial charge in [0.05, 0.1) is 10.9 Å². The lowest BCUT2D eigenvalue weighted by Gasteiger charge is -2.16. The fraction of sp³-hybridized carbons (Fsp3) is 0.261. The van der Waals surface area contributed by atoms with Gasteiger partial charge in [0, 0.05) is 22.9 Å². The van der Waals surface area contributed by atoms with Crippen LogP contribution in [0.3, 0.4) is 0 Å². The third-order valence-electron chi connectivity index (χ3n) is 5.73. The van der Waals surface area contributed by atoms with Gasteiger partial charge in [-0.3, -0.25) is 5.10 Å². The van der Waals surface area contributed by atoms with E-state index in [-0.39, 0.29) is 33.9 Å². The quantitative estimate of drug-likeness (QED) is 0.278. The summed E-state index contributed by atoms with van der Waals surface area (Å²) in [7, 11) is 0. The molecule has 2 aromatic heterocycles. The molecule has 10 heteroatoms. The number of aromatic nitrogens is 4. The SMILES string of the molecule is Fc1cc(F)c2[nH]nc(Nc3nc(-c4ccccc4C(F)(F)F)nc4c3CCCCC4)c2c1. The third kappa shape index (κ3) is 4.01. The molecule has 0 spiro atoms. The molecule has 5 rings (SSSR count). The van der Waals surface area contributed by atoms with Gasteiger partial charge in [-0.2, -0.15) is 18.3 Å². The van der Waals surface area contributed by atoms with Crippen LogP contribution in [-0.2, 0) is 19.0 Å². The zero-order chi connectivity index (χ0) is 23.2. The molecule has 0 atom stereocenters. The molecule has 0 amide bonds. The molecule has 2 aromatic carbocycles. The van der Waals surface area contributed by atoms with Gasteiger partial charge in [-0.25, -0.2) is 18.7 Å². The van der Waals surface area contributed by atoms with E-state index in [1.165, 1.54) is 18.2 Å². The predicted molar refractivity (Wildman–Crippen MR) is 113 cm³/mol. The Morgan fingerprint density at radius 3 is 2.52 bits per heavy atom. The van der Waals surface area contributed by atoms with Crippen molar-refractivity contribution in [3.63, 3.8) is 0 Å². The number of H-pyrrole nitrogens is 1. The van der Waals surface area contributed by atoms with Gasteiger partial charge in [0.25, 0.3) is 0 Å². The summed E-state index contributed by atoms with van der Waals surface area (Å²) in [4.78, 5) is 8.93. The lowest BCUT2D eigenvalue weighted by molar-refractivity contribution is -0.137. The van der Waals surface area contributed by atoms with E-state index in [4.69, 9.17) is 0 Å². The highest BCUT2D eigenvalue weighted by Crippen LogP contribution is 2.38. The lowest BCUT2D eigenvalue weighted by Crippen LogP contribution is -2.11. The molecular weight excluding hydrogens is 441 g/mol. The average molecular weight is 459 g/mol. The van der Waals surface area contributed by atoms with Crippen molar-refractivity contribution in [2.75, 3.05) is 5.32 Å². The summed E-state index contributed by atoms with van der Waals surface area (Å²) in [6, 6.07) is 7.01. The Labute approximate surface area is 185 Å². The lowest BCUT2D eigenvalue weighted by atomic mass is 10.0. The van der Waals surface area contributed by atoms with Crippen LogP contribution >= 0.6 is 0 Å². The van der Waals surface area contributed by atoms with Crippen LogP contribution in [0.15, 0.2) is 36.4 Å². The topological polar surface area (TPSA) is 66.5 Å². The van der Waals surface area contributed by atoms with Crippen molar-refractivity contribution in [1.82, 2.24) is 20.2 Å². The summed E-state index contributed by atoms with van der Waals surface area (Å²) in [5.41, 5.74) is 0.479. The fourth-order valence-electron chi connectivity index (χ4n) is 4.17. The van der Waals surface area contributed by atoms with E-state index in [2.05, 4.69) is 25.5 Å². The second-order valence-corrected chi connectivity index (χ2v) is 7.93. The van der Waals surface area contributed by atoms with Crippen LogP contribution in [-0.4, -0.2) is 20.2 Å². The maximum absolute atomic E-state index is 14.1. The highest BCUT2D eigenvalue weighted by atomic mass is 19.4. The number of nitrogens with zero attached hydrogens (tertiary/aromatic N) is 3. The van der Waals surface area contributed by atoms with Gasteiger partial charge in [-0.05, 0) is 37.8 Å². The van der Waals surface area contributed by atoms with Gasteiger partial charge < -0.3 is 5.32 Å². The highest BCUT2D eigenvalue weighted by Gasteiger charge is 2.34. The minimum atomic E-state index is -4.58. The second-order valence-electron chi connectivity index (χ2n) is 7.93. The van der Waals surface area contributed by atoms with Gasteiger partial charge in [0.2, 0.25) is 0 Å². The van der Waals surface area contributed by atoms with E-state index in [1.807, 2.05) is 0 Å². The molecule has 0 radical (unpaired) electrons. The first-order chi connectivity index (χ1) is 15.8. The van der Waals surface area contributed by atoms with Crippen LogP contribution < -0.4 is 5.32 Å². The Hall–Kier alpha value is -3.56. The minimum Gasteiger partial charge on any atom is -0.323 e. The smallest absolute Gasteiger partial charge is 0.323 e. The number of anilines is 2. The summed E-state index contributed by atoms with van der Waals surface area (Å²) in [5, 5.41) is 9.74. The van der Waals surface area contributed by atoms with Crippen molar-refractivity contribution >= 4 is 22.5 Å². The third-order valence-corrected chi connectivity index (χ3v) is 5.73. The van der Waals surface area contributed by atoms with Gasteiger partial charge in [-0.1, -0.05) is 24.6 Å². The van der Waals surface area contributed by atoms with Gasteiger partial charge in [0.15, 0.2) is 17.5 Å². The molecule has 2 N–H and O–H groups in total. The Bertz CT molecular complexity index is 1350. The standard InChI is InChI=1S/C23H18F5N5/c24-12-10-15-19(17(25)11-12)32-33-22(15)31-21-14-7-2-1-3-9-18(14)29-20(30-21)13-6-4-5-8-16(13)23(26,27)28/h4-6,8,10-11H,1-3,7,9H2,(H2,29,30,31,32,33). The number of aryl methyl sites for hydroxylation is 1. The molecule has 1 aliphatic carbocycles. The summed E-state index contributed by atoms with van der Waals surface area (Å²) in [6.07, 6.45) is -0.679. The van der Waals surface area contributed by atoms with Crippen molar-refractivity contribution in [2.45, 2.75) is 38.3 Å². The molecule has 2 heterocycles. The van der Waals surface area contributed by atoms with Gasteiger partial charge >= 0.3 is 6.18 Å². The van der Waals surface area contributed by atoms with Gasteiger partial charge in [-0.15, -0.1) is 0 Å². The first-order valence-electron chi connectivity index (χ1n) is 10.5. The molecule has 170 valence electrons. The summed E-state index contributed by atoms with van der Waals surface area (Å²) < 4.78 is 68.8. The predicted octanol–water partition coefficient (Wildman–Crippen LogP) is 6.33. The van der Waals surface area contributed by atoms with Crippen LogP contribution in [0.5, 0.6) is 0 Å². The molecule has 0 fully saturated rings. The number of benzene rings is 2.